The predicted molar refractivity (Wildman–Crippen MR) is 103 cm³/mol. The Hall–Kier alpha value is -3.28. The van der Waals surface area contributed by atoms with Gasteiger partial charge < -0.3 is 10.6 Å². The van der Waals surface area contributed by atoms with E-state index in [9.17, 15) is 0 Å². The molecule has 0 aromatic carbocycles. The van der Waals surface area contributed by atoms with Crippen LogP contribution < -0.4 is 10.6 Å². The van der Waals surface area contributed by atoms with E-state index in [0.29, 0.717) is 17.0 Å². The number of nitrogens with two attached hydrogens (primary N) is 1. The van der Waals surface area contributed by atoms with E-state index < -0.39 is 0 Å². The predicted octanol–water partition coefficient (Wildman–Crippen LogP) is 3.14. The molecule has 1 fully saturated rings. The molecular formula is C20H20N6. The number of pyridine rings is 3. The lowest BCUT2D eigenvalue weighted by Crippen LogP contribution is -2.19. The van der Waals surface area contributed by atoms with Crippen LogP contribution >= 0.6 is 0 Å². The van der Waals surface area contributed by atoms with Gasteiger partial charge in [0.05, 0.1) is 23.3 Å². The van der Waals surface area contributed by atoms with Crippen LogP contribution in [-0.4, -0.2) is 33.8 Å². The summed E-state index contributed by atoms with van der Waals surface area (Å²) in [5, 5.41) is 8.67. The van der Waals surface area contributed by atoms with Crippen molar-refractivity contribution in [3.63, 3.8) is 0 Å². The fraction of sp³-hybridized carbons (Fsp3) is 0.200. The summed E-state index contributed by atoms with van der Waals surface area (Å²) in [7, 11) is 0. The van der Waals surface area contributed by atoms with Crippen LogP contribution in [0.1, 0.15) is 24.0 Å². The highest BCUT2D eigenvalue weighted by Gasteiger charge is 2.16. The fourth-order valence-corrected chi connectivity index (χ4v) is 3.20. The first-order valence-electron chi connectivity index (χ1n) is 8.68. The molecule has 130 valence electrons. The molecule has 0 bridgehead atoms. The number of hydrogen-bond acceptors (Lipinski definition) is 6. The van der Waals surface area contributed by atoms with E-state index in [-0.39, 0.29) is 0 Å². The van der Waals surface area contributed by atoms with Crippen molar-refractivity contribution in [2.24, 2.45) is 0 Å². The van der Waals surface area contributed by atoms with Crippen molar-refractivity contribution in [2.75, 3.05) is 23.7 Å². The fourth-order valence-electron chi connectivity index (χ4n) is 3.20. The van der Waals surface area contributed by atoms with Gasteiger partial charge in [0, 0.05) is 48.4 Å². The van der Waals surface area contributed by atoms with Crippen LogP contribution in [0.2, 0.25) is 0 Å². The van der Waals surface area contributed by atoms with E-state index in [0.717, 1.165) is 35.7 Å². The molecule has 0 unspecified atom stereocenters. The molecular weight excluding hydrogens is 324 g/mol. The lowest BCUT2D eigenvalue weighted by molar-refractivity contribution is 0.937. The molecule has 6 heteroatoms. The van der Waals surface area contributed by atoms with Crippen LogP contribution in [0.15, 0.2) is 55.1 Å². The second-order valence-corrected chi connectivity index (χ2v) is 6.37. The van der Waals surface area contributed by atoms with E-state index in [4.69, 9.17) is 11.1 Å². The Morgan fingerprint density at radius 1 is 1.04 bits per heavy atom. The number of nitrogens with zero attached hydrogens (tertiary/aromatic N) is 4. The summed E-state index contributed by atoms with van der Waals surface area (Å²) in [4.78, 5) is 15.2. The molecule has 1 aliphatic heterocycles. The van der Waals surface area contributed by atoms with Gasteiger partial charge in [-0.1, -0.05) is 0 Å². The van der Waals surface area contributed by atoms with Crippen LogP contribution in [0, 0.1) is 5.41 Å². The standard InChI is InChI=1S/C20H20N6/c21-17-13-25-18(15-4-3-6-23-12-15)11-16(17)20(22)14-5-7-24-19(10-14)26-8-1-2-9-26/h3-7,10-13,22H,1-2,8-9,21H2. The summed E-state index contributed by atoms with van der Waals surface area (Å²) >= 11 is 0. The number of hydrogen-bond donors (Lipinski definition) is 2. The average molecular weight is 344 g/mol. The maximum atomic E-state index is 8.67. The molecule has 4 heterocycles. The van der Waals surface area contributed by atoms with Crippen molar-refractivity contribution in [2.45, 2.75) is 12.8 Å². The summed E-state index contributed by atoms with van der Waals surface area (Å²) in [6.07, 6.45) is 9.22. The van der Waals surface area contributed by atoms with Crippen molar-refractivity contribution >= 4 is 17.2 Å². The number of nitrogens with one attached hydrogen (secondary N) is 1. The molecule has 0 atom stereocenters. The van der Waals surface area contributed by atoms with Crippen molar-refractivity contribution in [1.29, 1.82) is 5.41 Å². The number of nitrogen functional groups attached to an aromatic ring is 1. The largest absolute Gasteiger partial charge is 0.397 e. The van der Waals surface area contributed by atoms with Gasteiger partial charge in [-0.05, 0) is 43.2 Å². The average Bonchev–Trinajstić information content (AvgIpc) is 3.23. The minimum Gasteiger partial charge on any atom is -0.397 e. The Bertz CT molecular complexity index is 932. The van der Waals surface area contributed by atoms with Crippen LogP contribution in [-0.2, 0) is 0 Å². The lowest BCUT2D eigenvalue weighted by Gasteiger charge is -2.17. The highest BCUT2D eigenvalue weighted by Crippen LogP contribution is 2.24. The van der Waals surface area contributed by atoms with Gasteiger partial charge in [-0.3, -0.25) is 15.4 Å². The molecule has 6 nitrogen and oxygen atoms in total. The SMILES string of the molecule is N=C(c1ccnc(N2CCCC2)c1)c1cc(-c2cccnc2)ncc1N. The Kier molecular flexibility index (Phi) is 4.31. The molecule has 0 amide bonds. The molecule has 1 saturated heterocycles. The van der Waals surface area contributed by atoms with Crippen molar-refractivity contribution in [3.05, 3.63) is 66.2 Å². The Labute approximate surface area is 152 Å². The minimum atomic E-state index is 0.373. The molecule has 0 saturated carbocycles. The maximum absolute atomic E-state index is 8.67. The molecule has 4 rings (SSSR count). The Morgan fingerprint density at radius 3 is 2.65 bits per heavy atom. The number of rotatable bonds is 4. The first-order valence-corrected chi connectivity index (χ1v) is 8.68. The minimum absolute atomic E-state index is 0.373. The Morgan fingerprint density at radius 2 is 1.88 bits per heavy atom. The third-order valence-electron chi connectivity index (χ3n) is 4.63. The summed E-state index contributed by atoms with van der Waals surface area (Å²) in [5.41, 5.74) is 10.1. The number of aromatic nitrogens is 3. The van der Waals surface area contributed by atoms with E-state index in [1.165, 1.54) is 12.8 Å². The summed E-state index contributed by atoms with van der Waals surface area (Å²) < 4.78 is 0. The third kappa shape index (κ3) is 3.13. The van der Waals surface area contributed by atoms with Gasteiger partial charge >= 0.3 is 0 Å². The molecule has 3 aromatic heterocycles. The van der Waals surface area contributed by atoms with Gasteiger partial charge in [-0.2, -0.15) is 0 Å². The molecule has 26 heavy (non-hydrogen) atoms. The molecule has 3 aromatic rings. The zero-order valence-electron chi connectivity index (χ0n) is 14.4. The zero-order chi connectivity index (χ0) is 17.9. The van der Waals surface area contributed by atoms with Gasteiger partial charge in [-0.25, -0.2) is 4.98 Å². The zero-order valence-corrected chi connectivity index (χ0v) is 14.4. The van der Waals surface area contributed by atoms with Crippen molar-refractivity contribution in [1.82, 2.24) is 15.0 Å². The van der Waals surface area contributed by atoms with Crippen LogP contribution in [0.4, 0.5) is 11.5 Å². The van der Waals surface area contributed by atoms with E-state index in [1.54, 1.807) is 24.8 Å². The summed E-state index contributed by atoms with van der Waals surface area (Å²) in [6, 6.07) is 9.48. The van der Waals surface area contributed by atoms with Gasteiger partial charge in [0.15, 0.2) is 0 Å². The first-order chi connectivity index (χ1) is 12.7. The van der Waals surface area contributed by atoms with Crippen LogP contribution in [0.3, 0.4) is 0 Å². The van der Waals surface area contributed by atoms with Gasteiger partial charge in [0.25, 0.3) is 0 Å². The topological polar surface area (TPSA) is 91.8 Å². The van der Waals surface area contributed by atoms with E-state index in [2.05, 4.69) is 19.9 Å². The Balaban J connectivity index is 1.69. The van der Waals surface area contributed by atoms with Gasteiger partial charge in [0.2, 0.25) is 0 Å². The maximum Gasteiger partial charge on any atom is 0.129 e. The smallest absolute Gasteiger partial charge is 0.129 e. The van der Waals surface area contributed by atoms with Crippen LogP contribution in [0.5, 0.6) is 0 Å². The van der Waals surface area contributed by atoms with Crippen LogP contribution in [0.25, 0.3) is 11.3 Å². The van der Waals surface area contributed by atoms with Crippen molar-refractivity contribution < 1.29 is 0 Å². The third-order valence-corrected chi connectivity index (χ3v) is 4.63. The highest BCUT2D eigenvalue weighted by molar-refractivity contribution is 6.14. The second kappa shape index (κ2) is 6.92. The molecule has 0 aliphatic carbocycles. The lowest BCUT2D eigenvalue weighted by atomic mass is 10.0. The first kappa shape index (κ1) is 16.2. The number of anilines is 2. The monoisotopic (exact) mass is 344 g/mol. The highest BCUT2D eigenvalue weighted by atomic mass is 15.2. The normalized spacial score (nSPS) is 13.8. The molecule has 1 aliphatic rings. The van der Waals surface area contributed by atoms with E-state index in [1.807, 2.05) is 30.3 Å². The summed E-state index contributed by atoms with van der Waals surface area (Å²) in [6.45, 7) is 2.04. The quantitative estimate of drug-likeness (QED) is 0.710. The van der Waals surface area contributed by atoms with Gasteiger partial charge in [0.1, 0.15) is 5.82 Å². The molecule has 0 radical (unpaired) electrons. The van der Waals surface area contributed by atoms with Crippen molar-refractivity contribution in [3.8, 4) is 11.3 Å². The molecule has 3 N–H and O–H groups in total. The molecule has 0 spiro atoms. The summed E-state index contributed by atoms with van der Waals surface area (Å²) in [5.74, 6) is 0.921. The van der Waals surface area contributed by atoms with Gasteiger partial charge in [-0.15, -0.1) is 0 Å². The second-order valence-electron chi connectivity index (χ2n) is 6.37. The van der Waals surface area contributed by atoms with E-state index >= 15 is 0 Å².